The summed E-state index contributed by atoms with van der Waals surface area (Å²) in [6, 6.07) is 13.6. The van der Waals surface area contributed by atoms with Crippen LogP contribution in [0.1, 0.15) is 18.4 Å². The highest BCUT2D eigenvalue weighted by Crippen LogP contribution is 2.16. The first-order chi connectivity index (χ1) is 14.5. The number of carbonyl (C=O) groups is 2. The van der Waals surface area contributed by atoms with E-state index in [0.29, 0.717) is 5.69 Å². The summed E-state index contributed by atoms with van der Waals surface area (Å²) in [6.07, 6.45) is 1.82. The fraction of sp³-hybridized carbons (Fsp3) is 0.364. The Morgan fingerprint density at radius 1 is 1.00 bits per heavy atom. The average Bonchev–Trinajstić information content (AvgIpc) is 2.73. The van der Waals surface area contributed by atoms with Crippen LogP contribution < -0.4 is 10.6 Å². The first kappa shape index (κ1) is 22.6. The number of anilines is 1. The SMILES string of the molecule is O=C(CSCC(=O)NC1CCN(Cc2ccc(Cl)cc2)CC1)Nc1ccc(F)cc1. The van der Waals surface area contributed by atoms with Crippen molar-refractivity contribution in [2.24, 2.45) is 0 Å². The van der Waals surface area contributed by atoms with Gasteiger partial charge in [-0.05, 0) is 54.8 Å². The van der Waals surface area contributed by atoms with Crippen molar-refractivity contribution in [3.8, 4) is 0 Å². The van der Waals surface area contributed by atoms with E-state index in [4.69, 9.17) is 11.6 Å². The van der Waals surface area contributed by atoms with Crippen molar-refractivity contribution in [1.29, 1.82) is 0 Å². The number of halogens is 2. The summed E-state index contributed by atoms with van der Waals surface area (Å²) in [5.41, 5.74) is 1.77. The fourth-order valence-corrected chi connectivity index (χ4v) is 4.07. The molecule has 2 amide bonds. The van der Waals surface area contributed by atoms with Crippen molar-refractivity contribution >= 4 is 40.9 Å². The van der Waals surface area contributed by atoms with Gasteiger partial charge in [0, 0.05) is 36.4 Å². The van der Waals surface area contributed by atoms with Gasteiger partial charge in [0.25, 0.3) is 0 Å². The molecule has 0 atom stereocenters. The molecule has 1 heterocycles. The molecular formula is C22H25ClFN3O2S. The molecule has 0 radical (unpaired) electrons. The summed E-state index contributed by atoms with van der Waals surface area (Å²) in [6.45, 7) is 2.75. The van der Waals surface area contributed by atoms with Crippen molar-refractivity contribution in [2.75, 3.05) is 29.9 Å². The van der Waals surface area contributed by atoms with Crippen LogP contribution in [0.5, 0.6) is 0 Å². The van der Waals surface area contributed by atoms with E-state index in [-0.39, 0.29) is 35.2 Å². The Morgan fingerprint density at radius 2 is 1.63 bits per heavy atom. The molecule has 3 rings (SSSR count). The van der Waals surface area contributed by atoms with Crippen LogP contribution in [0.4, 0.5) is 10.1 Å². The summed E-state index contributed by atoms with van der Waals surface area (Å²) in [4.78, 5) is 26.4. The fourth-order valence-electron chi connectivity index (χ4n) is 3.32. The summed E-state index contributed by atoms with van der Waals surface area (Å²) >= 11 is 7.19. The molecule has 1 aliphatic rings. The van der Waals surface area contributed by atoms with Gasteiger partial charge >= 0.3 is 0 Å². The Hall–Kier alpha value is -2.09. The standard InChI is InChI=1S/C22H25ClFN3O2S/c23-17-3-1-16(2-4-17)13-27-11-9-20(10-12-27)26-22(29)15-30-14-21(28)25-19-7-5-18(24)6-8-19/h1-8,20H,9-15H2,(H,25,28)(H,26,29). The number of thioether (sulfide) groups is 1. The summed E-state index contributed by atoms with van der Waals surface area (Å²) in [5, 5.41) is 6.49. The number of benzene rings is 2. The second-order valence-corrected chi connectivity index (χ2v) is 8.71. The first-order valence-electron chi connectivity index (χ1n) is 9.87. The molecule has 0 aliphatic carbocycles. The third kappa shape index (κ3) is 7.63. The van der Waals surface area contributed by atoms with Crippen LogP contribution in [0, 0.1) is 5.82 Å². The summed E-state index contributed by atoms with van der Waals surface area (Å²) in [7, 11) is 0. The molecule has 0 aromatic heterocycles. The van der Waals surface area contributed by atoms with E-state index < -0.39 is 0 Å². The molecule has 5 nitrogen and oxygen atoms in total. The van der Waals surface area contributed by atoms with E-state index in [1.165, 1.54) is 41.6 Å². The molecule has 8 heteroatoms. The largest absolute Gasteiger partial charge is 0.353 e. The maximum atomic E-state index is 12.9. The second-order valence-electron chi connectivity index (χ2n) is 7.29. The molecule has 1 aliphatic heterocycles. The number of hydrogen-bond acceptors (Lipinski definition) is 4. The van der Waals surface area contributed by atoms with E-state index in [0.717, 1.165) is 37.5 Å². The number of carbonyl (C=O) groups excluding carboxylic acids is 2. The molecule has 2 aromatic carbocycles. The van der Waals surface area contributed by atoms with Crippen molar-refractivity contribution in [3.63, 3.8) is 0 Å². The highest BCUT2D eigenvalue weighted by molar-refractivity contribution is 8.00. The lowest BCUT2D eigenvalue weighted by Gasteiger charge is -2.32. The number of nitrogens with one attached hydrogen (secondary N) is 2. The van der Waals surface area contributed by atoms with E-state index >= 15 is 0 Å². The number of piperidine rings is 1. The highest BCUT2D eigenvalue weighted by Gasteiger charge is 2.20. The summed E-state index contributed by atoms with van der Waals surface area (Å²) in [5.74, 6) is -0.206. The van der Waals surface area contributed by atoms with Crippen LogP contribution in [0.2, 0.25) is 5.02 Å². The van der Waals surface area contributed by atoms with E-state index in [1.54, 1.807) is 0 Å². The average molecular weight is 450 g/mol. The van der Waals surface area contributed by atoms with Gasteiger partial charge in [0.1, 0.15) is 5.82 Å². The lowest BCUT2D eigenvalue weighted by molar-refractivity contribution is -0.119. The van der Waals surface area contributed by atoms with Gasteiger partial charge in [-0.3, -0.25) is 14.5 Å². The molecule has 30 heavy (non-hydrogen) atoms. The molecule has 1 fully saturated rings. The van der Waals surface area contributed by atoms with Crippen LogP contribution in [0.15, 0.2) is 48.5 Å². The zero-order valence-corrected chi connectivity index (χ0v) is 18.1. The molecule has 0 unspecified atom stereocenters. The lowest BCUT2D eigenvalue weighted by atomic mass is 10.0. The molecule has 160 valence electrons. The third-order valence-electron chi connectivity index (χ3n) is 4.87. The van der Waals surface area contributed by atoms with Crippen LogP contribution in [0.25, 0.3) is 0 Å². The Kier molecular flexibility index (Phi) is 8.54. The molecular weight excluding hydrogens is 425 g/mol. The molecule has 0 saturated carbocycles. The van der Waals surface area contributed by atoms with Crippen LogP contribution in [0.3, 0.4) is 0 Å². The topological polar surface area (TPSA) is 61.4 Å². The third-order valence-corrected chi connectivity index (χ3v) is 6.05. The van der Waals surface area contributed by atoms with Crippen molar-refractivity contribution in [1.82, 2.24) is 10.2 Å². The van der Waals surface area contributed by atoms with E-state index in [2.05, 4.69) is 15.5 Å². The van der Waals surface area contributed by atoms with Crippen molar-refractivity contribution < 1.29 is 14.0 Å². The maximum Gasteiger partial charge on any atom is 0.234 e. The minimum absolute atomic E-state index is 0.0502. The number of hydrogen-bond donors (Lipinski definition) is 2. The van der Waals surface area contributed by atoms with Crippen molar-refractivity contribution in [3.05, 3.63) is 64.9 Å². The first-order valence-corrected chi connectivity index (χ1v) is 11.4. The number of amides is 2. The van der Waals surface area contributed by atoms with Gasteiger partial charge in [-0.2, -0.15) is 0 Å². The van der Waals surface area contributed by atoms with Gasteiger partial charge in [0.2, 0.25) is 11.8 Å². The normalized spacial score (nSPS) is 15.0. The lowest BCUT2D eigenvalue weighted by Crippen LogP contribution is -2.44. The number of nitrogens with zero attached hydrogens (tertiary/aromatic N) is 1. The molecule has 1 saturated heterocycles. The van der Waals surface area contributed by atoms with Gasteiger partial charge in [-0.15, -0.1) is 11.8 Å². The number of likely N-dealkylation sites (tertiary alicyclic amines) is 1. The minimum Gasteiger partial charge on any atom is -0.353 e. The smallest absolute Gasteiger partial charge is 0.234 e. The predicted octanol–water partition coefficient (Wildman–Crippen LogP) is 3.93. The van der Waals surface area contributed by atoms with Crippen LogP contribution in [-0.2, 0) is 16.1 Å². The van der Waals surface area contributed by atoms with Crippen LogP contribution in [-0.4, -0.2) is 47.4 Å². The molecule has 0 bridgehead atoms. The molecule has 2 N–H and O–H groups in total. The van der Waals surface area contributed by atoms with Crippen LogP contribution >= 0.6 is 23.4 Å². The Morgan fingerprint density at radius 3 is 2.30 bits per heavy atom. The van der Waals surface area contributed by atoms with Gasteiger partial charge < -0.3 is 10.6 Å². The molecule has 2 aromatic rings. The predicted molar refractivity (Wildman–Crippen MR) is 120 cm³/mol. The van der Waals surface area contributed by atoms with Crippen molar-refractivity contribution in [2.45, 2.75) is 25.4 Å². The van der Waals surface area contributed by atoms with Gasteiger partial charge in [0.15, 0.2) is 0 Å². The summed E-state index contributed by atoms with van der Waals surface area (Å²) < 4.78 is 12.9. The van der Waals surface area contributed by atoms with Gasteiger partial charge in [0.05, 0.1) is 11.5 Å². The Labute approximate surface area is 185 Å². The number of rotatable bonds is 8. The zero-order valence-electron chi connectivity index (χ0n) is 16.6. The van der Waals surface area contributed by atoms with E-state index in [9.17, 15) is 14.0 Å². The van der Waals surface area contributed by atoms with E-state index in [1.807, 2.05) is 24.3 Å². The quantitative estimate of drug-likeness (QED) is 0.641. The van der Waals surface area contributed by atoms with Gasteiger partial charge in [-0.25, -0.2) is 4.39 Å². The minimum atomic E-state index is -0.352. The Balaban J connectivity index is 1.29. The monoisotopic (exact) mass is 449 g/mol. The molecule has 0 spiro atoms. The highest BCUT2D eigenvalue weighted by atomic mass is 35.5. The van der Waals surface area contributed by atoms with Gasteiger partial charge in [-0.1, -0.05) is 23.7 Å². The maximum absolute atomic E-state index is 12.9. The zero-order chi connectivity index (χ0) is 21.3. The second kappa shape index (κ2) is 11.3. The Bertz CT molecular complexity index is 840.